The van der Waals surface area contributed by atoms with Crippen LogP contribution in [0, 0.1) is 0 Å². The molecular weight excluding hydrogens is 447 g/mol. The molecule has 2 saturated heterocycles. The molecule has 34 heavy (non-hydrogen) atoms. The van der Waals surface area contributed by atoms with Gasteiger partial charge in [-0.1, -0.05) is 12.1 Å². The van der Waals surface area contributed by atoms with Crippen molar-refractivity contribution in [1.29, 1.82) is 0 Å². The van der Waals surface area contributed by atoms with Gasteiger partial charge < -0.3 is 19.4 Å². The van der Waals surface area contributed by atoms with Gasteiger partial charge in [0.1, 0.15) is 5.75 Å². The summed E-state index contributed by atoms with van der Waals surface area (Å²) < 4.78 is 47.9. The maximum atomic E-state index is 13.8. The Morgan fingerprint density at radius 1 is 1.00 bits per heavy atom. The number of benzene rings is 2. The topological polar surface area (TPSA) is 57.8 Å². The second kappa shape index (κ2) is 9.31. The third-order valence-electron chi connectivity index (χ3n) is 6.40. The Kier molecular flexibility index (Phi) is 6.22. The van der Waals surface area contributed by atoms with Gasteiger partial charge in [0.2, 0.25) is 0 Å². The minimum absolute atomic E-state index is 0.113. The highest BCUT2D eigenvalue weighted by Gasteiger charge is 2.31. The maximum absolute atomic E-state index is 13.8. The Morgan fingerprint density at radius 2 is 1.76 bits per heavy atom. The molecule has 2 aromatic carbocycles. The Labute approximate surface area is 194 Å². The van der Waals surface area contributed by atoms with Crippen molar-refractivity contribution in [2.24, 2.45) is 0 Å². The highest BCUT2D eigenvalue weighted by molar-refractivity contribution is 5.86. The summed E-state index contributed by atoms with van der Waals surface area (Å²) in [5, 5.41) is 0.583. The molecule has 0 saturated carbocycles. The molecule has 1 aromatic heterocycles. The van der Waals surface area contributed by atoms with Crippen molar-refractivity contribution in [2.45, 2.75) is 25.7 Å². The lowest BCUT2D eigenvalue weighted by atomic mass is 10.0. The third-order valence-corrected chi connectivity index (χ3v) is 6.40. The van der Waals surface area contributed by atoms with Crippen LogP contribution < -0.4 is 15.1 Å². The number of hydrogen-bond donors (Lipinski definition) is 1. The molecule has 0 amide bonds. The monoisotopic (exact) mass is 473 g/mol. The SMILES string of the molecule is O=c1c(CN2CCOCC2)c(-c2cccc(OC(F)(F)F)c2)[nH]c2ccc(N3CCCC3)cc12. The highest BCUT2D eigenvalue weighted by Crippen LogP contribution is 2.31. The lowest BCUT2D eigenvalue weighted by molar-refractivity contribution is -0.274. The van der Waals surface area contributed by atoms with Gasteiger partial charge in [-0.05, 0) is 43.2 Å². The normalized spacial score (nSPS) is 17.4. The predicted molar refractivity (Wildman–Crippen MR) is 124 cm³/mol. The van der Waals surface area contributed by atoms with Gasteiger partial charge in [-0.3, -0.25) is 9.69 Å². The summed E-state index contributed by atoms with van der Waals surface area (Å²) in [6.07, 6.45) is -2.53. The zero-order chi connectivity index (χ0) is 23.7. The van der Waals surface area contributed by atoms with Crippen LogP contribution in [0.5, 0.6) is 5.75 Å². The second-order valence-electron chi connectivity index (χ2n) is 8.70. The lowest BCUT2D eigenvalue weighted by Crippen LogP contribution is -2.37. The van der Waals surface area contributed by atoms with Gasteiger partial charge in [0, 0.05) is 60.4 Å². The number of morpholine rings is 1. The maximum Gasteiger partial charge on any atom is 0.573 e. The van der Waals surface area contributed by atoms with Gasteiger partial charge in [-0.2, -0.15) is 0 Å². The van der Waals surface area contributed by atoms with Crippen LogP contribution in [-0.2, 0) is 11.3 Å². The van der Waals surface area contributed by atoms with E-state index in [9.17, 15) is 18.0 Å². The van der Waals surface area contributed by atoms with E-state index in [0.29, 0.717) is 60.6 Å². The summed E-state index contributed by atoms with van der Waals surface area (Å²) in [6, 6.07) is 11.5. The number of ether oxygens (including phenoxy) is 2. The predicted octanol–water partition coefficient (Wildman–Crippen LogP) is 4.53. The van der Waals surface area contributed by atoms with Crippen LogP contribution in [0.3, 0.4) is 0 Å². The quantitative estimate of drug-likeness (QED) is 0.590. The average Bonchev–Trinajstić information content (AvgIpc) is 3.35. The minimum Gasteiger partial charge on any atom is -0.406 e. The number of aromatic nitrogens is 1. The Bertz CT molecular complexity index is 1230. The summed E-state index contributed by atoms with van der Waals surface area (Å²) in [7, 11) is 0. The molecule has 3 aromatic rings. The number of aromatic amines is 1. The number of nitrogens with zero attached hydrogens (tertiary/aromatic N) is 2. The molecule has 0 unspecified atom stereocenters. The molecule has 0 bridgehead atoms. The van der Waals surface area contributed by atoms with Crippen LogP contribution in [0.25, 0.3) is 22.2 Å². The molecule has 2 fully saturated rings. The van der Waals surface area contributed by atoms with Gasteiger partial charge in [-0.15, -0.1) is 13.2 Å². The summed E-state index contributed by atoms with van der Waals surface area (Å²) in [5.41, 5.74) is 3.05. The van der Waals surface area contributed by atoms with Crippen molar-refractivity contribution in [3.05, 3.63) is 58.3 Å². The summed E-state index contributed by atoms with van der Waals surface area (Å²) in [4.78, 5) is 21.5. The number of halogens is 3. The van der Waals surface area contributed by atoms with E-state index < -0.39 is 6.36 Å². The molecule has 5 rings (SSSR count). The molecular formula is C25H26F3N3O3. The second-order valence-corrected chi connectivity index (χ2v) is 8.70. The molecule has 0 radical (unpaired) electrons. The number of alkyl halides is 3. The standard InChI is InChI=1S/C25H26F3N3O3/c26-25(27,28)34-19-5-3-4-17(14-19)23-21(16-30-10-12-33-13-11-30)24(32)20-15-18(6-7-22(20)29-23)31-8-1-2-9-31/h3-7,14-15H,1-2,8-13,16H2,(H,29,32). The zero-order valence-corrected chi connectivity index (χ0v) is 18.7. The first-order chi connectivity index (χ1) is 16.4. The smallest absolute Gasteiger partial charge is 0.406 e. The molecule has 9 heteroatoms. The fraction of sp³-hybridized carbons (Fsp3) is 0.400. The van der Waals surface area contributed by atoms with E-state index in [1.54, 1.807) is 6.07 Å². The van der Waals surface area contributed by atoms with Crippen molar-refractivity contribution in [2.75, 3.05) is 44.3 Å². The fourth-order valence-corrected chi connectivity index (χ4v) is 4.72. The van der Waals surface area contributed by atoms with Crippen molar-refractivity contribution in [1.82, 2.24) is 9.88 Å². The lowest BCUT2D eigenvalue weighted by Gasteiger charge is -2.27. The molecule has 6 nitrogen and oxygen atoms in total. The van der Waals surface area contributed by atoms with Crippen LogP contribution >= 0.6 is 0 Å². The molecule has 3 heterocycles. The van der Waals surface area contributed by atoms with Gasteiger partial charge in [-0.25, -0.2) is 0 Å². The first-order valence-corrected chi connectivity index (χ1v) is 11.5. The van der Waals surface area contributed by atoms with E-state index in [2.05, 4.69) is 19.5 Å². The fourth-order valence-electron chi connectivity index (χ4n) is 4.72. The minimum atomic E-state index is -4.79. The van der Waals surface area contributed by atoms with E-state index in [4.69, 9.17) is 4.74 Å². The molecule has 0 spiro atoms. The van der Waals surface area contributed by atoms with E-state index in [0.717, 1.165) is 31.6 Å². The molecule has 2 aliphatic rings. The molecule has 1 N–H and O–H groups in total. The van der Waals surface area contributed by atoms with E-state index in [1.165, 1.54) is 18.2 Å². The number of anilines is 1. The Morgan fingerprint density at radius 3 is 2.50 bits per heavy atom. The first kappa shape index (κ1) is 22.7. The number of nitrogens with one attached hydrogen (secondary N) is 1. The van der Waals surface area contributed by atoms with Gasteiger partial charge in [0.25, 0.3) is 0 Å². The summed E-state index contributed by atoms with van der Waals surface area (Å²) in [5.74, 6) is -0.326. The van der Waals surface area contributed by atoms with Crippen LogP contribution in [0.2, 0.25) is 0 Å². The van der Waals surface area contributed by atoms with E-state index >= 15 is 0 Å². The van der Waals surface area contributed by atoms with Crippen molar-refractivity contribution < 1.29 is 22.6 Å². The number of fused-ring (bicyclic) bond motifs is 1. The van der Waals surface area contributed by atoms with Crippen molar-refractivity contribution in [3.8, 4) is 17.0 Å². The molecule has 0 atom stereocenters. The summed E-state index contributed by atoms with van der Waals surface area (Å²) >= 11 is 0. The average molecular weight is 473 g/mol. The largest absolute Gasteiger partial charge is 0.573 e. The number of H-pyrrole nitrogens is 1. The number of hydrogen-bond acceptors (Lipinski definition) is 5. The van der Waals surface area contributed by atoms with Gasteiger partial charge >= 0.3 is 6.36 Å². The van der Waals surface area contributed by atoms with Crippen molar-refractivity contribution >= 4 is 16.6 Å². The van der Waals surface area contributed by atoms with Gasteiger partial charge in [0.15, 0.2) is 5.43 Å². The van der Waals surface area contributed by atoms with Crippen LogP contribution in [-0.4, -0.2) is 55.6 Å². The van der Waals surface area contributed by atoms with Gasteiger partial charge in [0.05, 0.1) is 18.9 Å². The molecule has 2 aliphatic heterocycles. The Hall–Kier alpha value is -3.04. The van der Waals surface area contributed by atoms with E-state index in [-0.39, 0.29) is 11.2 Å². The highest BCUT2D eigenvalue weighted by atomic mass is 19.4. The van der Waals surface area contributed by atoms with E-state index in [1.807, 2.05) is 18.2 Å². The van der Waals surface area contributed by atoms with Crippen LogP contribution in [0.4, 0.5) is 18.9 Å². The molecule has 180 valence electrons. The zero-order valence-electron chi connectivity index (χ0n) is 18.7. The first-order valence-electron chi connectivity index (χ1n) is 11.5. The number of pyridine rings is 1. The number of rotatable bonds is 5. The van der Waals surface area contributed by atoms with Crippen LogP contribution in [0.1, 0.15) is 18.4 Å². The van der Waals surface area contributed by atoms with Crippen molar-refractivity contribution in [3.63, 3.8) is 0 Å². The summed E-state index contributed by atoms with van der Waals surface area (Å²) in [6.45, 7) is 4.83. The Balaban J connectivity index is 1.62. The molecule has 0 aliphatic carbocycles. The van der Waals surface area contributed by atoms with Crippen LogP contribution in [0.15, 0.2) is 47.3 Å². The third kappa shape index (κ3) is 4.90.